The van der Waals surface area contributed by atoms with Crippen LogP contribution in [0.4, 0.5) is 0 Å². The fourth-order valence-corrected chi connectivity index (χ4v) is 8.31. The van der Waals surface area contributed by atoms with Gasteiger partial charge in [-0.2, -0.15) is 0 Å². The van der Waals surface area contributed by atoms with E-state index in [1.807, 2.05) is 0 Å². The number of hydrogen-bond donors (Lipinski definition) is 0. The second-order valence-corrected chi connectivity index (χ2v) is 11.1. The van der Waals surface area contributed by atoms with Crippen LogP contribution in [0.25, 0.3) is 33.1 Å². The van der Waals surface area contributed by atoms with Crippen molar-refractivity contribution in [2.45, 2.75) is 51.4 Å². The molecule has 3 aliphatic rings. The molecule has 1 spiro atoms. The first-order valence-corrected chi connectivity index (χ1v) is 12.7. The summed E-state index contributed by atoms with van der Waals surface area (Å²) in [5.41, 5.74) is 7.75. The Bertz CT molecular complexity index is 1380. The lowest BCUT2D eigenvalue weighted by Crippen LogP contribution is -2.49. The van der Waals surface area contributed by atoms with Crippen LogP contribution >= 0.6 is 11.6 Å². The van der Waals surface area contributed by atoms with Crippen LogP contribution in [0.15, 0.2) is 59.0 Å². The van der Waals surface area contributed by atoms with E-state index in [4.69, 9.17) is 16.0 Å². The highest BCUT2D eigenvalue weighted by Gasteiger charge is 2.58. The molecule has 2 saturated carbocycles. The highest BCUT2D eigenvalue weighted by Crippen LogP contribution is 2.66. The van der Waals surface area contributed by atoms with Crippen molar-refractivity contribution < 1.29 is 4.42 Å². The second kappa shape index (κ2) is 6.64. The van der Waals surface area contributed by atoms with Crippen LogP contribution in [0.5, 0.6) is 0 Å². The molecular weight excluding hydrogens is 412 g/mol. The summed E-state index contributed by atoms with van der Waals surface area (Å²) >= 11 is 6.66. The molecule has 7 rings (SSSR count). The van der Waals surface area contributed by atoms with Crippen LogP contribution in [0.3, 0.4) is 0 Å². The first-order chi connectivity index (χ1) is 15.6. The van der Waals surface area contributed by atoms with Gasteiger partial charge in [0, 0.05) is 26.8 Å². The standard InChI is InChI=1S/C30H29ClO/c1-3-18-13-19-12-17(2)30(20(14-18)15-19)26-16-21(31)8-9-22(26)24-10-11-25-23-6-4-5-7-27(23)32-29(25)28(24)30/h4-11,16-20H,3,12-15H2,1-2H3. The number of hydrogen-bond acceptors (Lipinski definition) is 1. The lowest BCUT2D eigenvalue weighted by atomic mass is 9.49. The van der Waals surface area contributed by atoms with Gasteiger partial charge >= 0.3 is 0 Å². The van der Waals surface area contributed by atoms with Crippen molar-refractivity contribution in [3.8, 4) is 11.1 Å². The van der Waals surface area contributed by atoms with Crippen molar-refractivity contribution in [3.05, 3.63) is 70.7 Å². The summed E-state index contributed by atoms with van der Waals surface area (Å²) in [6, 6.07) is 19.8. The number of para-hydroxylation sites is 1. The van der Waals surface area contributed by atoms with Crippen LogP contribution in [-0.2, 0) is 5.41 Å². The van der Waals surface area contributed by atoms with Gasteiger partial charge < -0.3 is 4.42 Å². The Balaban J connectivity index is 1.60. The van der Waals surface area contributed by atoms with Gasteiger partial charge in [0.1, 0.15) is 11.2 Å². The van der Waals surface area contributed by atoms with Crippen molar-refractivity contribution in [1.82, 2.24) is 0 Å². The van der Waals surface area contributed by atoms with Gasteiger partial charge in [0.2, 0.25) is 0 Å². The van der Waals surface area contributed by atoms with E-state index in [0.717, 1.165) is 28.0 Å². The summed E-state index contributed by atoms with van der Waals surface area (Å²) in [6.07, 6.45) is 6.66. The Morgan fingerprint density at radius 3 is 2.66 bits per heavy atom. The largest absolute Gasteiger partial charge is 0.456 e. The zero-order valence-electron chi connectivity index (χ0n) is 18.8. The molecule has 5 unspecified atom stereocenters. The minimum absolute atomic E-state index is 0.00665. The van der Waals surface area contributed by atoms with Crippen molar-refractivity contribution in [2.24, 2.45) is 23.7 Å². The Hall–Kier alpha value is -2.25. The van der Waals surface area contributed by atoms with Crippen LogP contribution < -0.4 is 0 Å². The van der Waals surface area contributed by atoms with Gasteiger partial charge in [-0.15, -0.1) is 0 Å². The third kappa shape index (κ3) is 2.31. The number of furan rings is 1. The molecule has 1 heterocycles. The minimum Gasteiger partial charge on any atom is -0.456 e. The molecule has 2 bridgehead atoms. The first kappa shape index (κ1) is 19.2. The lowest BCUT2D eigenvalue weighted by molar-refractivity contribution is 0.0371. The van der Waals surface area contributed by atoms with Crippen LogP contribution in [0, 0.1) is 23.7 Å². The molecular formula is C30H29ClO. The predicted octanol–water partition coefficient (Wildman–Crippen LogP) is 8.99. The predicted molar refractivity (Wildman–Crippen MR) is 133 cm³/mol. The molecule has 4 aromatic rings. The van der Waals surface area contributed by atoms with E-state index in [2.05, 4.69) is 68.4 Å². The molecule has 1 aromatic heterocycles. The molecule has 0 N–H and O–H groups in total. The Morgan fingerprint density at radius 1 is 0.938 bits per heavy atom. The highest BCUT2D eigenvalue weighted by molar-refractivity contribution is 6.30. The van der Waals surface area contributed by atoms with E-state index < -0.39 is 0 Å². The molecule has 2 fully saturated rings. The molecule has 0 amide bonds. The molecule has 5 atom stereocenters. The second-order valence-electron chi connectivity index (χ2n) is 10.7. The molecule has 0 radical (unpaired) electrons. The summed E-state index contributed by atoms with van der Waals surface area (Å²) in [5.74, 6) is 2.92. The summed E-state index contributed by atoms with van der Waals surface area (Å²) in [5, 5.41) is 3.34. The third-order valence-corrected chi connectivity index (χ3v) is 9.50. The van der Waals surface area contributed by atoms with E-state index in [-0.39, 0.29) is 5.41 Å². The van der Waals surface area contributed by atoms with E-state index >= 15 is 0 Å². The number of benzene rings is 3. The van der Waals surface area contributed by atoms with Gasteiger partial charge in [0.15, 0.2) is 0 Å². The summed E-state index contributed by atoms with van der Waals surface area (Å²) < 4.78 is 6.69. The molecule has 162 valence electrons. The van der Waals surface area contributed by atoms with E-state index in [9.17, 15) is 0 Å². The summed E-state index contributed by atoms with van der Waals surface area (Å²) in [4.78, 5) is 0. The number of rotatable bonds is 1. The van der Waals surface area contributed by atoms with Crippen molar-refractivity contribution in [1.29, 1.82) is 0 Å². The summed E-state index contributed by atoms with van der Waals surface area (Å²) in [6.45, 7) is 4.89. The average Bonchev–Trinajstić information content (AvgIpc) is 3.31. The molecule has 0 saturated heterocycles. The Kier molecular flexibility index (Phi) is 3.99. The Labute approximate surface area is 194 Å². The molecule has 1 nitrogen and oxygen atoms in total. The van der Waals surface area contributed by atoms with Crippen LogP contribution in [0.2, 0.25) is 5.02 Å². The van der Waals surface area contributed by atoms with Gasteiger partial charge in [0.25, 0.3) is 0 Å². The maximum absolute atomic E-state index is 6.69. The van der Waals surface area contributed by atoms with Crippen molar-refractivity contribution in [2.75, 3.05) is 0 Å². The van der Waals surface area contributed by atoms with Gasteiger partial charge in [-0.1, -0.05) is 62.2 Å². The molecule has 3 aromatic carbocycles. The topological polar surface area (TPSA) is 13.1 Å². The van der Waals surface area contributed by atoms with Gasteiger partial charge in [0.05, 0.1) is 0 Å². The van der Waals surface area contributed by atoms with Crippen LogP contribution in [0.1, 0.15) is 57.1 Å². The Morgan fingerprint density at radius 2 is 1.78 bits per heavy atom. The maximum atomic E-state index is 6.69. The van der Waals surface area contributed by atoms with E-state index in [1.54, 1.807) is 0 Å². The van der Waals surface area contributed by atoms with Crippen molar-refractivity contribution in [3.63, 3.8) is 0 Å². The number of fused-ring (bicyclic) bond motifs is 12. The third-order valence-electron chi connectivity index (χ3n) is 9.27. The zero-order chi connectivity index (χ0) is 21.6. The van der Waals surface area contributed by atoms with Gasteiger partial charge in [-0.25, -0.2) is 0 Å². The quantitative estimate of drug-likeness (QED) is 0.287. The fraction of sp³-hybridized carbons (Fsp3) is 0.400. The molecule has 32 heavy (non-hydrogen) atoms. The SMILES string of the molecule is CCC1CC2CC(C)C3(c4cc(Cl)ccc4-c4ccc5c(oc6ccccc65)c43)C(C1)C2. The smallest absolute Gasteiger partial charge is 0.140 e. The van der Waals surface area contributed by atoms with E-state index in [1.165, 1.54) is 65.1 Å². The van der Waals surface area contributed by atoms with Crippen LogP contribution in [-0.4, -0.2) is 0 Å². The highest BCUT2D eigenvalue weighted by atomic mass is 35.5. The molecule has 2 heteroatoms. The summed E-state index contributed by atoms with van der Waals surface area (Å²) in [7, 11) is 0. The van der Waals surface area contributed by atoms with E-state index in [0.29, 0.717) is 11.8 Å². The first-order valence-electron chi connectivity index (χ1n) is 12.4. The maximum Gasteiger partial charge on any atom is 0.140 e. The van der Waals surface area contributed by atoms with Gasteiger partial charge in [-0.3, -0.25) is 0 Å². The lowest BCUT2D eigenvalue weighted by Gasteiger charge is -2.54. The van der Waals surface area contributed by atoms with Crippen molar-refractivity contribution >= 4 is 33.5 Å². The minimum atomic E-state index is -0.00665. The molecule has 3 aliphatic carbocycles. The zero-order valence-corrected chi connectivity index (χ0v) is 19.6. The molecule has 0 aliphatic heterocycles. The van der Waals surface area contributed by atoms with Gasteiger partial charge in [-0.05, 0) is 90.3 Å². The average molecular weight is 441 g/mol. The normalized spacial score (nSPS) is 30.7. The fourth-order valence-electron chi connectivity index (χ4n) is 8.14. The number of halogens is 1. The monoisotopic (exact) mass is 440 g/mol.